The Morgan fingerprint density at radius 2 is 2.00 bits per heavy atom. The number of nitrogens with zero attached hydrogens (tertiary/aromatic N) is 1. The van der Waals surface area contributed by atoms with E-state index < -0.39 is 5.91 Å². The summed E-state index contributed by atoms with van der Waals surface area (Å²) >= 11 is 0. The number of hydrogen-bond donors (Lipinski definition) is 2. The van der Waals surface area contributed by atoms with Crippen molar-refractivity contribution in [1.29, 1.82) is 0 Å². The third kappa shape index (κ3) is 6.91. The maximum absolute atomic E-state index is 12.1. The predicted octanol–water partition coefficient (Wildman–Crippen LogP) is 2.28. The van der Waals surface area contributed by atoms with Crippen LogP contribution in [0.5, 0.6) is 0 Å². The van der Waals surface area contributed by atoms with Crippen molar-refractivity contribution in [3.8, 4) is 0 Å². The molecule has 2 aliphatic rings. The number of hydroxylamine groups is 1. The molecule has 0 aromatic carbocycles. The topological polar surface area (TPSA) is 111 Å². The number of amides is 3. The van der Waals surface area contributed by atoms with E-state index in [9.17, 15) is 14.4 Å². The number of likely N-dealkylation sites (tertiary alicyclic amines) is 1. The van der Waals surface area contributed by atoms with Gasteiger partial charge in [0.15, 0.2) is 6.29 Å². The van der Waals surface area contributed by atoms with E-state index in [-0.39, 0.29) is 18.1 Å². The van der Waals surface area contributed by atoms with Gasteiger partial charge < -0.3 is 15.4 Å². The van der Waals surface area contributed by atoms with Crippen molar-refractivity contribution in [1.82, 2.24) is 10.4 Å². The van der Waals surface area contributed by atoms with Crippen LogP contribution in [0.2, 0.25) is 0 Å². The number of allylic oxidation sites excluding steroid dienone is 1. The molecule has 0 radical (unpaired) electrons. The standard InChI is InChI=1S/C20H33N3O5/c1-2-8-15(19(20(21)26)23-13-7-11-17(23)25)9-3-4-10-16(24)22-28-18-12-5-6-14-27-18/h18H,2-14H2,1H3,(H2,21,26)(H,22,24)/b19-15-. The zero-order valence-electron chi connectivity index (χ0n) is 16.8. The third-order valence-electron chi connectivity index (χ3n) is 5.04. The number of hydrogen-bond acceptors (Lipinski definition) is 5. The normalized spacial score (nSPS) is 20.8. The first-order valence-electron chi connectivity index (χ1n) is 10.4. The van der Waals surface area contributed by atoms with Crippen LogP contribution >= 0.6 is 0 Å². The summed E-state index contributed by atoms with van der Waals surface area (Å²) in [4.78, 5) is 42.8. The molecule has 1 atom stereocenters. The summed E-state index contributed by atoms with van der Waals surface area (Å²) in [6, 6.07) is 0. The molecule has 158 valence electrons. The second-order valence-electron chi connectivity index (χ2n) is 7.36. The first kappa shape index (κ1) is 22.4. The van der Waals surface area contributed by atoms with E-state index in [4.69, 9.17) is 15.3 Å². The van der Waals surface area contributed by atoms with Gasteiger partial charge in [-0.2, -0.15) is 0 Å². The van der Waals surface area contributed by atoms with Gasteiger partial charge in [-0.05, 0) is 50.5 Å². The van der Waals surface area contributed by atoms with Gasteiger partial charge in [0.25, 0.3) is 5.91 Å². The highest BCUT2D eigenvalue weighted by Gasteiger charge is 2.28. The molecular formula is C20H33N3O5. The van der Waals surface area contributed by atoms with Gasteiger partial charge in [-0.1, -0.05) is 13.3 Å². The summed E-state index contributed by atoms with van der Waals surface area (Å²) in [7, 11) is 0. The summed E-state index contributed by atoms with van der Waals surface area (Å²) in [6.45, 7) is 3.24. The molecule has 0 aliphatic carbocycles. The van der Waals surface area contributed by atoms with Crippen molar-refractivity contribution in [3.63, 3.8) is 0 Å². The second-order valence-corrected chi connectivity index (χ2v) is 7.36. The quantitative estimate of drug-likeness (QED) is 0.317. The number of ether oxygens (including phenoxy) is 1. The third-order valence-corrected chi connectivity index (χ3v) is 5.04. The van der Waals surface area contributed by atoms with Crippen molar-refractivity contribution < 1.29 is 24.0 Å². The van der Waals surface area contributed by atoms with Gasteiger partial charge in [-0.15, -0.1) is 0 Å². The van der Waals surface area contributed by atoms with Gasteiger partial charge in [0.1, 0.15) is 5.70 Å². The molecule has 8 heteroatoms. The summed E-state index contributed by atoms with van der Waals surface area (Å²) in [5.74, 6) is -0.763. The summed E-state index contributed by atoms with van der Waals surface area (Å²) in [6.07, 6.45) is 7.67. The molecule has 2 heterocycles. The van der Waals surface area contributed by atoms with E-state index in [1.165, 1.54) is 4.90 Å². The number of carbonyl (C=O) groups is 3. The molecule has 0 aromatic heterocycles. The predicted molar refractivity (Wildman–Crippen MR) is 103 cm³/mol. The lowest BCUT2D eigenvalue weighted by Crippen LogP contribution is -2.34. The van der Waals surface area contributed by atoms with E-state index in [2.05, 4.69) is 5.48 Å². The molecule has 2 fully saturated rings. The highest BCUT2D eigenvalue weighted by Crippen LogP contribution is 2.25. The molecule has 8 nitrogen and oxygen atoms in total. The Labute approximate surface area is 166 Å². The zero-order chi connectivity index (χ0) is 20.4. The molecular weight excluding hydrogens is 362 g/mol. The maximum Gasteiger partial charge on any atom is 0.265 e. The maximum atomic E-state index is 12.1. The SMILES string of the molecule is CCC/C(CCCCC(=O)NOC1CCCCO1)=C(\C(N)=O)N1CCCC1=O. The summed E-state index contributed by atoms with van der Waals surface area (Å²) in [5.41, 5.74) is 9.33. The number of nitrogens with two attached hydrogens (primary N) is 1. The Hall–Kier alpha value is -1.93. The monoisotopic (exact) mass is 395 g/mol. The average Bonchev–Trinajstić information content (AvgIpc) is 3.09. The second kappa shape index (κ2) is 11.8. The van der Waals surface area contributed by atoms with Crippen LogP contribution in [0, 0.1) is 0 Å². The van der Waals surface area contributed by atoms with Gasteiger partial charge in [0.05, 0.1) is 0 Å². The van der Waals surface area contributed by atoms with E-state index >= 15 is 0 Å². The zero-order valence-corrected chi connectivity index (χ0v) is 16.8. The van der Waals surface area contributed by atoms with Crippen LogP contribution in [0.4, 0.5) is 0 Å². The van der Waals surface area contributed by atoms with Gasteiger partial charge >= 0.3 is 0 Å². The van der Waals surface area contributed by atoms with Gasteiger partial charge in [-0.3, -0.25) is 14.4 Å². The van der Waals surface area contributed by atoms with E-state index in [0.717, 1.165) is 50.5 Å². The van der Waals surface area contributed by atoms with Crippen LogP contribution in [0.3, 0.4) is 0 Å². The summed E-state index contributed by atoms with van der Waals surface area (Å²) < 4.78 is 5.40. The molecule has 0 bridgehead atoms. The smallest absolute Gasteiger partial charge is 0.265 e. The molecule has 0 aromatic rings. The molecule has 0 spiro atoms. The number of nitrogens with one attached hydrogen (secondary N) is 1. The molecule has 3 amide bonds. The number of rotatable bonds is 11. The van der Waals surface area contributed by atoms with E-state index in [1.54, 1.807) is 0 Å². The molecule has 3 N–H and O–H groups in total. The van der Waals surface area contributed by atoms with Crippen LogP contribution in [-0.4, -0.2) is 42.1 Å². The molecule has 1 unspecified atom stereocenters. The van der Waals surface area contributed by atoms with Crippen molar-refractivity contribution in [2.45, 2.75) is 83.8 Å². The lowest BCUT2D eigenvalue weighted by molar-refractivity contribution is -0.200. The average molecular weight is 396 g/mol. The van der Waals surface area contributed by atoms with Crippen molar-refractivity contribution in [2.75, 3.05) is 13.2 Å². The fourth-order valence-corrected chi connectivity index (χ4v) is 3.66. The van der Waals surface area contributed by atoms with Crippen molar-refractivity contribution in [3.05, 3.63) is 11.3 Å². The highest BCUT2D eigenvalue weighted by atomic mass is 16.8. The minimum Gasteiger partial charge on any atom is -0.364 e. The minimum atomic E-state index is -0.544. The molecule has 2 rings (SSSR count). The fourth-order valence-electron chi connectivity index (χ4n) is 3.66. The lowest BCUT2D eigenvalue weighted by atomic mass is 9.99. The van der Waals surface area contributed by atoms with E-state index in [0.29, 0.717) is 44.5 Å². The lowest BCUT2D eigenvalue weighted by Gasteiger charge is -2.22. The number of carbonyl (C=O) groups excluding carboxylic acids is 3. The molecule has 2 aliphatic heterocycles. The Bertz CT molecular complexity index is 584. The molecule has 2 saturated heterocycles. The van der Waals surface area contributed by atoms with Crippen LogP contribution < -0.4 is 11.2 Å². The Balaban J connectivity index is 1.80. The summed E-state index contributed by atoms with van der Waals surface area (Å²) in [5, 5.41) is 0. The highest BCUT2D eigenvalue weighted by molar-refractivity contribution is 5.97. The van der Waals surface area contributed by atoms with Gasteiger partial charge in [-0.25, -0.2) is 10.3 Å². The minimum absolute atomic E-state index is 0.0381. The van der Waals surface area contributed by atoms with Crippen LogP contribution in [0.1, 0.15) is 77.6 Å². The Morgan fingerprint density at radius 3 is 2.61 bits per heavy atom. The molecule has 28 heavy (non-hydrogen) atoms. The molecule has 0 saturated carbocycles. The van der Waals surface area contributed by atoms with Crippen LogP contribution in [0.25, 0.3) is 0 Å². The Morgan fingerprint density at radius 1 is 1.21 bits per heavy atom. The van der Waals surface area contributed by atoms with Crippen LogP contribution in [0.15, 0.2) is 11.3 Å². The largest absolute Gasteiger partial charge is 0.364 e. The fraction of sp³-hybridized carbons (Fsp3) is 0.750. The first-order chi connectivity index (χ1) is 13.5. The van der Waals surface area contributed by atoms with Crippen LogP contribution in [-0.2, 0) is 24.0 Å². The Kier molecular flexibility index (Phi) is 9.43. The van der Waals surface area contributed by atoms with Gasteiger partial charge in [0.2, 0.25) is 11.8 Å². The van der Waals surface area contributed by atoms with Gasteiger partial charge in [0, 0.05) is 32.4 Å². The number of primary amides is 1. The first-order valence-corrected chi connectivity index (χ1v) is 10.4. The van der Waals surface area contributed by atoms with Crippen molar-refractivity contribution in [2.24, 2.45) is 5.73 Å². The van der Waals surface area contributed by atoms with Crippen molar-refractivity contribution >= 4 is 17.7 Å². The number of unbranched alkanes of at least 4 members (excludes halogenated alkanes) is 1. The van der Waals surface area contributed by atoms with E-state index in [1.807, 2.05) is 6.92 Å².